The van der Waals surface area contributed by atoms with Crippen LogP contribution in [0.25, 0.3) is 0 Å². The van der Waals surface area contributed by atoms with Crippen LogP contribution in [-0.2, 0) is 4.79 Å². The molecule has 2 rings (SSSR count). The second-order valence-corrected chi connectivity index (χ2v) is 5.13. The lowest BCUT2D eigenvalue weighted by Crippen LogP contribution is -2.27. The van der Waals surface area contributed by atoms with Gasteiger partial charge in [0.15, 0.2) is 0 Å². The Hall–Kier alpha value is -2.33. The van der Waals surface area contributed by atoms with E-state index in [4.69, 9.17) is 5.73 Å². The maximum Gasteiger partial charge on any atom is 0.233 e. The molecule has 2 aromatic carbocycles. The number of anilines is 2. The average molecular weight is 283 g/mol. The maximum atomic E-state index is 12.4. The van der Waals surface area contributed by atoms with Crippen LogP contribution in [0.15, 0.2) is 54.6 Å². The first-order valence-corrected chi connectivity index (χ1v) is 6.95. The van der Waals surface area contributed by atoms with Gasteiger partial charge in [-0.15, -0.1) is 0 Å². The summed E-state index contributed by atoms with van der Waals surface area (Å²) in [4.78, 5) is 14.4. The zero-order valence-electron chi connectivity index (χ0n) is 12.4. The van der Waals surface area contributed by atoms with Crippen molar-refractivity contribution in [1.82, 2.24) is 0 Å². The first-order chi connectivity index (χ1) is 10.1. The van der Waals surface area contributed by atoms with Crippen molar-refractivity contribution in [3.8, 4) is 0 Å². The molecule has 3 N–H and O–H groups in total. The van der Waals surface area contributed by atoms with Gasteiger partial charge in [-0.25, -0.2) is 0 Å². The SMILES string of the molecule is CN(C)c1cccc(NC(=O)C(CN)c2ccccc2)c1. The predicted molar refractivity (Wildman–Crippen MR) is 87.6 cm³/mol. The summed E-state index contributed by atoms with van der Waals surface area (Å²) in [5.74, 6) is -0.422. The van der Waals surface area contributed by atoms with Crippen LogP contribution in [-0.4, -0.2) is 26.5 Å². The Bertz CT molecular complexity index is 596. The van der Waals surface area contributed by atoms with E-state index in [1.54, 1.807) is 0 Å². The molecule has 0 radical (unpaired) electrons. The van der Waals surface area contributed by atoms with Crippen molar-refractivity contribution in [2.75, 3.05) is 30.9 Å². The van der Waals surface area contributed by atoms with E-state index in [9.17, 15) is 4.79 Å². The summed E-state index contributed by atoms with van der Waals surface area (Å²) in [6.07, 6.45) is 0. The monoisotopic (exact) mass is 283 g/mol. The minimum absolute atomic E-state index is 0.0837. The summed E-state index contributed by atoms with van der Waals surface area (Å²) in [5.41, 5.74) is 8.52. The molecule has 21 heavy (non-hydrogen) atoms. The molecule has 4 heteroatoms. The zero-order valence-corrected chi connectivity index (χ0v) is 12.4. The van der Waals surface area contributed by atoms with E-state index in [-0.39, 0.29) is 18.4 Å². The summed E-state index contributed by atoms with van der Waals surface area (Å²) < 4.78 is 0. The number of nitrogens with two attached hydrogens (primary N) is 1. The zero-order chi connectivity index (χ0) is 15.2. The van der Waals surface area contributed by atoms with Gasteiger partial charge in [0.05, 0.1) is 5.92 Å². The Morgan fingerprint density at radius 2 is 1.86 bits per heavy atom. The molecule has 0 aromatic heterocycles. The van der Waals surface area contributed by atoms with E-state index < -0.39 is 0 Å². The van der Waals surface area contributed by atoms with Crippen LogP contribution in [0.3, 0.4) is 0 Å². The van der Waals surface area contributed by atoms with Gasteiger partial charge in [0.25, 0.3) is 0 Å². The minimum atomic E-state index is -0.339. The molecule has 4 nitrogen and oxygen atoms in total. The van der Waals surface area contributed by atoms with Crippen LogP contribution < -0.4 is 16.0 Å². The topological polar surface area (TPSA) is 58.4 Å². The van der Waals surface area contributed by atoms with Gasteiger partial charge in [-0.3, -0.25) is 4.79 Å². The van der Waals surface area contributed by atoms with Crippen molar-refractivity contribution in [2.45, 2.75) is 5.92 Å². The normalized spacial score (nSPS) is 11.8. The number of nitrogens with zero attached hydrogens (tertiary/aromatic N) is 1. The number of hydrogen-bond acceptors (Lipinski definition) is 3. The Morgan fingerprint density at radius 1 is 1.14 bits per heavy atom. The maximum absolute atomic E-state index is 12.4. The van der Waals surface area contributed by atoms with Gasteiger partial charge in [-0.1, -0.05) is 36.4 Å². The molecule has 0 saturated heterocycles. The largest absolute Gasteiger partial charge is 0.378 e. The molecule has 0 aliphatic carbocycles. The van der Waals surface area contributed by atoms with Gasteiger partial charge in [-0.2, -0.15) is 0 Å². The van der Waals surface area contributed by atoms with Crippen molar-refractivity contribution in [3.05, 3.63) is 60.2 Å². The molecule has 0 aliphatic heterocycles. The summed E-state index contributed by atoms with van der Waals surface area (Å²) >= 11 is 0. The van der Waals surface area contributed by atoms with E-state index in [0.717, 1.165) is 16.9 Å². The highest BCUT2D eigenvalue weighted by molar-refractivity contribution is 5.96. The van der Waals surface area contributed by atoms with Crippen LogP contribution in [0, 0.1) is 0 Å². The van der Waals surface area contributed by atoms with E-state index in [1.165, 1.54) is 0 Å². The molecule has 0 heterocycles. The lowest BCUT2D eigenvalue weighted by atomic mass is 9.98. The lowest BCUT2D eigenvalue weighted by Gasteiger charge is -2.17. The number of amides is 1. The minimum Gasteiger partial charge on any atom is -0.378 e. The van der Waals surface area contributed by atoms with Crippen molar-refractivity contribution in [2.24, 2.45) is 5.73 Å². The number of rotatable bonds is 5. The second kappa shape index (κ2) is 6.90. The van der Waals surface area contributed by atoms with Crippen molar-refractivity contribution < 1.29 is 4.79 Å². The van der Waals surface area contributed by atoms with Crippen LogP contribution in [0.5, 0.6) is 0 Å². The summed E-state index contributed by atoms with van der Waals surface area (Å²) in [6.45, 7) is 0.281. The van der Waals surface area contributed by atoms with Crippen LogP contribution >= 0.6 is 0 Å². The predicted octanol–water partition coefficient (Wildman–Crippen LogP) is 2.43. The standard InChI is InChI=1S/C17H21N3O/c1-20(2)15-10-6-9-14(11-15)19-17(21)16(12-18)13-7-4-3-5-8-13/h3-11,16H,12,18H2,1-2H3,(H,19,21). The van der Waals surface area contributed by atoms with E-state index in [0.29, 0.717) is 0 Å². The van der Waals surface area contributed by atoms with Crippen molar-refractivity contribution in [3.63, 3.8) is 0 Å². The number of benzene rings is 2. The molecule has 1 unspecified atom stereocenters. The Kier molecular flexibility index (Phi) is 4.95. The smallest absolute Gasteiger partial charge is 0.233 e. The molecule has 2 aromatic rings. The van der Waals surface area contributed by atoms with Crippen LogP contribution in [0.2, 0.25) is 0 Å². The highest BCUT2D eigenvalue weighted by atomic mass is 16.1. The van der Waals surface area contributed by atoms with E-state index in [2.05, 4.69) is 5.32 Å². The Labute approximate surface area is 125 Å². The van der Waals surface area contributed by atoms with Gasteiger partial charge in [0.1, 0.15) is 0 Å². The molecule has 1 atom stereocenters. The Balaban J connectivity index is 2.15. The van der Waals surface area contributed by atoms with Crippen molar-refractivity contribution in [1.29, 1.82) is 0 Å². The number of nitrogens with one attached hydrogen (secondary N) is 1. The molecule has 0 fully saturated rings. The average Bonchev–Trinajstić information content (AvgIpc) is 2.49. The van der Waals surface area contributed by atoms with Crippen LogP contribution in [0.1, 0.15) is 11.5 Å². The molecular formula is C17H21N3O. The highest BCUT2D eigenvalue weighted by Crippen LogP contribution is 2.20. The third kappa shape index (κ3) is 3.83. The first-order valence-electron chi connectivity index (χ1n) is 6.95. The lowest BCUT2D eigenvalue weighted by molar-refractivity contribution is -0.117. The fourth-order valence-electron chi connectivity index (χ4n) is 2.17. The number of carbonyl (C=O) groups excluding carboxylic acids is 1. The molecule has 0 aliphatic rings. The fourth-order valence-corrected chi connectivity index (χ4v) is 2.17. The molecule has 1 amide bonds. The summed E-state index contributed by atoms with van der Waals surface area (Å²) in [7, 11) is 3.93. The molecular weight excluding hydrogens is 262 g/mol. The van der Waals surface area contributed by atoms with Crippen molar-refractivity contribution >= 4 is 17.3 Å². The third-order valence-electron chi connectivity index (χ3n) is 3.38. The van der Waals surface area contributed by atoms with Gasteiger partial charge < -0.3 is 16.0 Å². The van der Waals surface area contributed by atoms with Gasteiger partial charge >= 0.3 is 0 Å². The van der Waals surface area contributed by atoms with E-state index >= 15 is 0 Å². The Morgan fingerprint density at radius 3 is 2.48 bits per heavy atom. The molecule has 0 spiro atoms. The third-order valence-corrected chi connectivity index (χ3v) is 3.38. The molecule has 0 saturated carbocycles. The van der Waals surface area contributed by atoms with Crippen LogP contribution in [0.4, 0.5) is 11.4 Å². The number of carbonyl (C=O) groups is 1. The van der Waals surface area contributed by atoms with Gasteiger partial charge in [-0.05, 0) is 23.8 Å². The number of hydrogen-bond donors (Lipinski definition) is 2. The van der Waals surface area contributed by atoms with Gasteiger partial charge in [0, 0.05) is 32.0 Å². The summed E-state index contributed by atoms with van der Waals surface area (Å²) in [6, 6.07) is 17.3. The summed E-state index contributed by atoms with van der Waals surface area (Å²) in [5, 5.41) is 2.94. The molecule has 0 bridgehead atoms. The molecule has 110 valence electrons. The first kappa shape index (κ1) is 15.1. The second-order valence-electron chi connectivity index (χ2n) is 5.13. The van der Waals surface area contributed by atoms with E-state index in [1.807, 2.05) is 73.6 Å². The van der Waals surface area contributed by atoms with Gasteiger partial charge in [0.2, 0.25) is 5.91 Å². The quantitative estimate of drug-likeness (QED) is 0.886. The highest BCUT2D eigenvalue weighted by Gasteiger charge is 2.18. The fraction of sp³-hybridized carbons (Fsp3) is 0.235.